The van der Waals surface area contributed by atoms with Crippen molar-refractivity contribution in [2.24, 2.45) is 0 Å². The molecule has 11 heteroatoms. The number of aromatic nitrogens is 3. The third-order valence-electron chi connectivity index (χ3n) is 5.12. The van der Waals surface area contributed by atoms with Crippen LogP contribution in [0.3, 0.4) is 0 Å². The number of methoxy groups -OCH3 is 1. The van der Waals surface area contributed by atoms with Gasteiger partial charge in [0.15, 0.2) is 5.82 Å². The van der Waals surface area contributed by atoms with E-state index in [0.29, 0.717) is 22.9 Å². The molecular formula is C26H21CoFN6O2S. The number of ether oxygens (including phenoxy) is 1. The summed E-state index contributed by atoms with van der Waals surface area (Å²) >= 11 is 6.41. The Balaban J connectivity index is 0.00000186. The number of anilines is 2. The minimum absolute atomic E-state index is 0.142. The first-order valence-electron chi connectivity index (χ1n) is 10.7. The molecule has 3 aromatic carbocycles. The van der Waals surface area contributed by atoms with Crippen molar-refractivity contribution in [1.82, 2.24) is 14.8 Å². The van der Waals surface area contributed by atoms with Crippen LogP contribution in [0.15, 0.2) is 83.7 Å². The van der Waals surface area contributed by atoms with Crippen LogP contribution in [0, 0.1) is 24.3 Å². The molecule has 1 aromatic heterocycles. The molecule has 37 heavy (non-hydrogen) atoms. The summed E-state index contributed by atoms with van der Waals surface area (Å²) in [7, 11) is 1.59. The van der Waals surface area contributed by atoms with E-state index < -0.39 is 5.91 Å². The molecule has 0 bridgehead atoms. The summed E-state index contributed by atoms with van der Waals surface area (Å²) in [6, 6.07) is 24.7. The number of hydrogen-bond acceptors (Lipinski definition) is 7. The Labute approximate surface area is 227 Å². The zero-order valence-electron chi connectivity index (χ0n) is 19.7. The molecule has 4 aromatic rings. The summed E-state index contributed by atoms with van der Waals surface area (Å²) in [4.78, 5) is 17.1. The molecule has 0 saturated carbocycles. The van der Waals surface area contributed by atoms with Gasteiger partial charge < -0.3 is 15.4 Å². The SMILES string of the molecule is COc1ccc(N/C(S)=C(\C#N)C(=O)Nc2ccc(-c3ncn(-c4cc[c-]cc4)n3)cc2)c(C)c1.[F][Co+]. The zero-order chi connectivity index (χ0) is 26.8. The number of thiol groups is 1. The number of benzene rings is 3. The first-order valence-corrected chi connectivity index (χ1v) is 11.5. The Bertz CT molecular complexity index is 1440. The number of rotatable bonds is 7. The fraction of sp³-hybridized carbons (Fsp3) is 0.0769. The van der Waals surface area contributed by atoms with Gasteiger partial charge in [-0.05, 0) is 60.6 Å². The second-order valence-electron chi connectivity index (χ2n) is 7.44. The summed E-state index contributed by atoms with van der Waals surface area (Å²) < 4.78 is 16.1. The van der Waals surface area contributed by atoms with E-state index in [1.54, 1.807) is 54.5 Å². The van der Waals surface area contributed by atoms with Gasteiger partial charge in [-0.15, -0.1) is 29.9 Å². The number of amides is 1. The van der Waals surface area contributed by atoms with Gasteiger partial charge in [-0.2, -0.15) is 23.5 Å². The third kappa shape index (κ3) is 6.98. The number of nitriles is 1. The van der Waals surface area contributed by atoms with Crippen LogP contribution in [0.5, 0.6) is 5.75 Å². The predicted molar refractivity (Wildman–Crippen MR) is 138 cm³/mol. The minimum atomic E-state index is -0.577. The Morgan fingerprint density at radius 3 is 2.46 bits per heavy atom. The van der Waals surface area contributed by atoms with E-state index in [-0.39, 0.29) is 10.6 Å². The quantitative estimate of drug-likeness (QED) is 0.125. The summed E-state index contributed by atoms with van der Waals surface area (Å²) in [6.07, 6.45) is 1.64. The average molecular weight is 559 g/mol. The maximum atomic E-state index is 12.7. The standard InChI is InChI=1S/C26H21N6O2S.Co.FH/c1-17-14-21(34-2)12-13-23(17)30-26(35)22(15-27)25(33)29-19-10-8-18(9-11-19)24-28-16-32(31-24)20-6-4-3-5-7-20;;/h4-14,16,30,35H,1-2H3,(H,29,33);;1H/q-1;+2;/p-1/b26-22-;;. The molecule has 0 saturated heterocycles. The fourth-order valence-corrected chi connectivity index (χ4v) is 3.52. The molecule has 0 spiro atoms. The van der Waals surface area contributed by atoms with E-state index in [0.717, 1.165) is 16.8 Å². The van der Waals surface area contributed by atoms with Gasteiger partial charge in [-0.3, -0.25) is 4.79 Å². The molecule has 2 N–H and O–H groups in total. The van der Waals surface area contributed by atoms with Crippen LogP contribution in [0.2, 0.25) is 0 Å². The van der Waals surface area contributed by atoms with Gasteiger partial charge in [0.25, 0.3) is 5.91 Å². The monoisotopic (exact) mass is 559 g/mol. The van der Waals surface area contributed by atoms with E-state index >= 15 is 0 Å². The molecule has 1 amide bonds. The molecule has 189 valence electrons. The Morgan fingerprint density at radius 1 is 1.14 bits per heavy atom. The molecule has 0 aliphatic carbocycles. The van der Waals surface area contributed by atoms with E-state index in [1.807, 2.05) is 43.3 Å². The molecule has 1 heterocycles. The van der Waals surface area contributed by atoms with E-state index in [2.05, 4.69) is 55.6 Å². The normalized spacial score (nSPS) is 10.8. The number of carbonyl (C=O) groups excluding carboxylic acids is 1. The van der Waals surface area contributed by atoms with Crippen molar-refractivity contribution in [3.05, 3.63) is 95.3 Å². The second kappa shape index (κ2) is 13.3. The van der Waals surface area contributed by atoms with Crippen molar-refractivity contribution in [2.75, 3.05) is 17.7 Å². The van der Waals surface area contributed by atoms with Gasteiger partial charge in [-0.25, -0.2) is 9.67 Å². The first kappa shape index (κ1) is 27.5. The fourth-order valence-electron chi connectivity index (χ4n) is 3.25. The summed E-state index contributed by atoms with van der Waals surface area (Å²) in [6.45, 7) is 1.88. The van der Waals surface area contributed by atoms with Crippen LogP contribution < -0.4 is 15.4 Å². The van der Waals surface area contributed by atoms with Crippen LogP contribution in [0.25, 0.3) is 17.1 Å². The van der Waals surface area contributed by atoms with Gasteiger partial charge in [-0.1, -0.05) is 0 Å². The van der Waals surface area contributed by atoms with Gasteiger partial charge in [0.1, 0.15) is 23.7 Å². The number of nitrogens with one attached hydrogen (secondary N) is 2. The number of nitrogens with zero attached hydrogens (tertiary/aromatic N) is 4. The maximum absolute atomic E-state index is 12.7. The van der Waals surface area contributed by atoms with Crippen molar-refractivity contribution in [3.63, 3.8) is 0 Å². The molecule has 0 aliphatic rings. The Morgan fingerprint density at radius 2 is 1.84 bits per heavy atom. The Kier molecular flexibility index (Phi) is 9.85. The summed E-state index contributed by atoms with van der Waals surface area (Å²) in [5.41, 5.74) is 3.63. The summed E-state index contributed by atoms with van der Waals surface area (Å²) in [5, 5.41) is 19.9. The zero-order valence-corrected chi connectivity index (χ0v) is 21.6. The molecule has 0 unspecified atom stereocenters. The molecule has 0 fully saturated rings. The molecule has 0 atom stereocenters. The van der Waals surface area contributed by atoms with Gasteiger partial charge in [0.05, 0.1) is 12.1 Å². The van der Waals surface area contributed by atoms with E-state index in [9.17, 15) is 13.6 Å². The van der Waals surface area contributed by atoms with Crippen LogP contribution in [0.1, 0.15) is 5.56 Å². The molecule has 0 aliphatic heterocycles. The van der Waals surface area contributed by atoms with Crippen molar-refractivity contribution in [1.29, 1.82) is 5.26 Å². The van der Waals surface area contributed by atoms with Crippen molar-refractivity contribution >= 4 is 29.9 Å². The van der Waals surface area contributed by atoms with Crippen molar-refractivity contribution in [3.8, 4) is 28.9 Å². The van der Waals surface area contributed by atoms with Gasteiger partial charge in [0.2, 0.25) is 0 Å². The predicted octanol–water partition coefficient (Wildman–Crippen LogP) is 5.18. The average Bonchev–Trinajstić information content (AvgIpc) is 3.43. The summed E-state index contributed by atoms with van der Waals surface area (Å²) in [5.74, 6) is 0.678. The van der Waals surface area contributed by atoms with E-state index in [1.165, 1.54) is 0 Å². The third-order valence-corrected chi connectivity index (χ3v) is 5.46. The number of carbonyl (C=O) groups is 1. The van der Waals surface area contributed by atoms with Gasteiger partial charge in [0, 0.05) is 16.9 Å². The Hall–Kier alpha value is -4.11. The van der Waals surface area contributed by atoms with Crippen LogP contribution >= 0.6 is 12.6 Å². The molecular weight excluding hydrogens is 538 g/mol. The molecule has 4 rings (SSSR count). The van der Waals surface area contributed by atoms with Gasteiger partial charge >= 0.3 is 19.8 Å². The van der Waals surface area contributed by atoms with E-state index in [4.69, 9.17) is 4.74 Å². The number of halogens is 1. The second-order valence-corrected chi connectivity index (χ2v) is 7.89. The first-order chi connectivity index (χ1) is 18.0. The van der Waals surface area contributed by atoms with Crippen molar-refractivity contribution < 1.29 is 29.3 Å². The molecule has 0 radical (unpaired) electrons. The molecule has 8 nitrogen and oxygen atoms in total. The van der Waals surface area contributed by atoms with Crippen LogP contribution in [-0.4, -0.2) is 27.8 Å². The van der Waals surface area contributed by atoms with Crippen molar-refractivity contribution in [2.45, 2.75) is 6.92 Å². The topological polar surface area (TPSA) is 105 Å². The van der Waals surface area contributed by atoms with Crippen LogP contribution in [-0.2, 0) is 21.0 Å². The van der Waals surface area contributed by atoms with Crippen LogP contribution in [0.4, 0.5) is 15.0 Å². The number of aryl methyl sites for hydroxylation is 1. The number of hydrogen-bond donors (Lipinski definition) is 3.